The van der Waals surface area contributed by atoms with Gasteiger partial charge >= 0.3 is 0 Å². The molecule has 1 rings (SSSR count). The van der Waals surface area contributed by atoms with Crippen molar-refractivity contribution in [3.8, 4) is 0 Å². The molecule has 0 heterocycles. The first kappa shape index (κ1) is 13.4. The molecule has 0 saturated carbocycles. The van der Waals surface area contributed by atoms with Crippen molar-refractivity contribution < 1.29 is 8.42 Å². The Morgan fingerprint density at radius 3 is 2.69 bits per heavy atom. The first-order chi connectivity index (χ1) is 7.39. The molecule has 1 aromatic carbocycles. The zero-order chi connectivity index (χ0) is 12.2. The van der Waals surface area contributed by atoms with Crippen LogP contribution in [0.2, 0.25) is 5.02 Å². The second-order valence-electron chi connectivity index (χ2n) is 3.44. The smallest absolute Gasteiger partial charge is 0.154 e. The second kappa shape index (κ2) is 5.61. The van der Waals surface area contributed by atoms with Crippen molar-refractivity contribution in [2.24, 2.45) is 5.73 Å². The van der Waals surface area contributed by atoms with Crippen LogP contribution in [0, 0.1) is 0 Å². The quantitative estimate of drug-likeness (QED) is 0.836. The molecule has 0 bridgehead atoms. The fourth-order valence-electron chi connectivity index (χ4n) is 1.21. The van der Waals surface area contributed by atoms with Crippen molar-refractivity contribution in [1.29, 1.82) is 0 Å². The van der Waals surface area contributed by atoms with Gasteiger partial charge < -0.3 is 5.73 Å². The first-order valence-electron chi connectivity index (χ1n) is 4.62. The maximum atomic E-state index is 11.7. The van der Waals surface area contributed by atoms with E-state index in [4.69, 9.17) is 17.3 Å². The van der Waals surface area contributed by atoms with Gasteiger partial charge in [-0.25, -0.2) is 8.42 Å². The van der Waals surface area contributed by atoms with Crippen LogP contribution in [0.25, 0.3) is 0 Å². The predicted octanol–water partition coefficient (Wildman–Crippen LogP) is 1.93. The molecule has 0 aliphatic rings. The molecular formula is C10H12ClNO2S2. The van der Waals surface area contributed by atoms with Crippen molar-refractivity contribution in [1.82, 2.24) is 0 Å². The van der Waals surface area contributed by atoms with Crippen molar-refractivity contribution in [2.75, 3.05) is 5.75 Å². The maximum absolute atomic E-state index is 11.7. The van der Waals surface area contributed by atoms with E-state index >= 15 is 0 Å². The normalized spacial score (nSPS) is 11.3. The highest BCUT2D eigenvalue weighted by Gasteiger charge is 2.12. The Kier molecular flexibility index (Phi) is 4.70. The minimum absolute atomic E-state index is 0.0190. The minimum Gasteiger partial charge on any atom is -0.393 e. The lowest BCUT2D eigenvalue weighted by Gasteiger charge is -2.04. The van der Waals surface area contributed by atoms with Crippen LogP contribution in [0.5, 0.6) is 0 Å². The fourth-order valence-corrected chi connectivity index (χ4v) is 3.02. The number of hydrogen-bond acceptors (Lipinski definition) is 3. The number of rotatable bonds is 5. The van der Waals surface area contributed by atoms with Crippen LogP contribution in [0.4, 0.5) is 0 Å². The third-order valence-electron chi connectivity index (χ3n) is 1.94. The number of hydrogen-bond donors (Lipinski definition) is 1. The number of nitrogens with two attached hydrogens (primary N) is 1. The Bertz CT molecular complexity index is 485. The third kappa shape index (κ3) is 4.92. The fraction of sp³-hybridized carbons (Fsp3) is 0.300. The predicted molar refractivity (Wildman–Crippen MR) is 70.3 cm³/mol. The van der Waals surface area contributed by atoms with Gasteiger partial charge in [-0.15, -0.1) is 0 Å². The molecule has 0 aromatic heterocycles. The van der Waals surface area contributed by atoms with E-state index in [9.17, 15) is 8.42 Å². The van der Waals surface area contributed by atoms with E-state index in [-0.39, 0.29) is 22.9 Å². The molecule has 0 radical (unpaired) electrons. The summed E-state index contributed by atoms with van der Waals surface area (Å²) in [5.41, 5.74) is 5.94. The van der Waals surface area contributed by atoms with Crippen LogP contribution in [0.15, 0.2) is 24.3 Å². The molecule has 88 valence electrons. The van der Waals surface area contributed by atoms with Crippen LogP contribution in [-0.4, -0.2) is 19.2 Å². The lowest BCUT2D eigenvalue weighted by atomic mass is 10.2. The molecule has 0 spiro atoms. The summed E-state index contributed by atoms with van der Waals surface area (Å²) in [6, 6.07) is 6.79. The summed E-state index contributed by atoms with van der Waals surface area (Å²) in [6.45, 7) is 0. The molecular weight excluding hydrogens is 266 g/mol. The monoisotopic (exact) mass is 277 g/mol. The van der Waals surface area contributed by atoms with Crippen molar-refractivity contribution >= 4 is 38.6 Å². The largest absolute Gasteiger partial charge is 0.393 e. The van der Waals surface area contributed by atoms with E-state index in [1.54, 1.807) is 24.3 Å². The topological polar surface area (TPSA) is 60.2 Å². The molecule has 0 unspecified atom stereocenters. The maximum Gasteiger partial charge on any atom is 0.154 e. The minimum atomic E-state index is -3.17. The molecule has 0 fully saturated rings. The molecule has 0 amide bonds. The van der Waals surface area contributed by atoms with Crippen LogP contribution in [0.3, 0.4) is 0 Å². The number of benzene rings is 1. The lowest BCUT2D eigenvalue weighted by molar-refractivity contribution is 0.595. The van der Waals surface area contributed by atoms with Gasteiger partial charge in [0.05, 0.1) is 16.5 Å². The van der Waals surface area contributed by atoms with Gasteiger partial charge in [-0.3, -0.25) is 0 Å². The highest BCUT2D eigenvalue weighted by atomic mass is 35.5. The van der Waals surface area contributed by atoms with Crippen LogP contribution >= 0.6 is 23.8 Å². The van der Waals surface area contributed by atoms with Gasteiger partial charge in [-0.1, -0.05) is 36.0 Å². The summed E-state index contributed by atoms with van der Waals surface area (Å²) in [7, 11) is -3.17. The Morgan fingerprint density at radius 2 is 2.12 bits per heavy atom. The van der Waals surface area contributed by atoms with Gasteiger partial charge in [-0.05, 0) is 17.7 Å². The summed E-state index contributed by atoms with van der Waals surface area (Å²) in [6.07, 6.45) is 0.220. The first-order valence-corrected chi connectivity index (χ1v) is 7.23. The van der Waals surface area contributed by atoms with Crippen molar-refractivity contribution in [2.45, 2.75) is 12.2 Å². The molecule has 0 atom stereocenters. The van der Waals surface area contributed by atoms with Crippen molar-refractivity contribution in [3.63, 3.8) is 0 Å². The molecule has 16 heavy (non-hydrogen) atoms. The van der Waals surface area contributed by atoms with E-state index in [0.717, 1.165) is 0 Å². The highest BCUT2D eigenvalue weighted by Crippen LogP contribution is 2.13. The zero-order valence-electron chi connectivity index (χ0n) is 8.52. The van der Waals surface area contributed by atoms with Gasteiger partial charge in [0.2, 0.25) is 0 Å². The second-order valence-corrected chi connectivity index (χ2v) is 6.58. The number of halogens is 1. The summed E-state index contributed by atoms with van der Waals surface area (Å²) in [5, 5.41) is 0.530. The Morgan fingerprint density at radius 1 is 1.44 bits per heavy atom. The SMILES string of the molecule is NC(=S)CCS(=O)(=O)Cc1cccc(Cl)c1. The molecule has 3 nitrogen and oxygen atoms in total. The number of sulfone groups is 1. The van der Waals surface area contributed by atoms with E-state index in [2.05, 4.69) is 12.2 Å². The van der Waals surface area contributed by atoms with Crippen LogP contribution < -0.4 is 5.73 Å². The lowest BCUT2D eigenvalue weighted by Crippen LogP contribution is -2.16. The molecule has 0 aliphatic carbocycles. The van der Waals surface area contributed by atoms with E-state index in [1.165, 1.54) is 0 Å². The summed E-state index contributed by atoms with van der Waals surface area (Å²) in [5.74, 6) is -0.0506. The summed E-state index contributed by atoms with van der Waals surface area (Å²) >= 11 is 10.4. The zero-order valence-corrected chi connectivity index (χ0v) is 10.9. The van der Waals surface area contributed by atoms with E-state index in [0.29, 0.717) is 10.6 Å². The van der Waals surface area contributed by atoms with E-state index < -0.39 is 9.84 Å². The van der Waals surface area contributed by atoms with Crippen molar-refractivity contribution in [3.05, 3.63) is 34.9 Å². The summed E-state index contributed by atoms with van der Waals surface area (Å²) in [4.78, 5) is 0.217. The van der Waals surface area contributed by atoms with Crippen LogP contribution in [0.1, 0.15) is 12.0 Å². The van der Waals surface area contributed by atoms with Gasteiger partial charge in [0.1, 0.15) is 0 Å². The Labute approximate surface area is 106 Å². The third-order valence-corrected chi connectivity index (χ3v) is 3.97. The van der Waals surface area contributed by atoms with E-state index in [1.807, 2.05) is 0 Å². The van der Waals surface area contributed by atoms with Gasteiger partial charge in [0, 0.05) is 11.4 Å². The van der Waals surface area contributed by atoms with Gasteiger partial charge in [-0.2, -0.15) is 0 Å². The number of thiocarbonyl (C=S) groups is 1. The molecule has 6 heteroatoms. The Balaban J connectivity index is 2.69. The highest BCUT2D eigenvalue weighted by molar-refractivity contribution is 7.90. The average Bonchev–Trinajstić information content (AvgIpc) is 2.14. The van der Waals surface area contributed by atoms with Crippen LogP contribution in [-0.2, 0) is 15.6 Å². The molecule has 2 N–H and O–H groups in total. The summed E-state index contributed by atoms with van der Waals surface area (Å²) < 4.78 is 23.3. The van der Waals surface area contributed by atoms with Gasteiger partial charge in [0.25, 0.3) is 0 Å². The molecule has 0 aliphatic heterocycles. The average molecular weight is 278 g/mol. The standard InChI is InChI=1S/C10H12ClNO2S2/c11-9-3-1-2-8(6-9)7-16(13,14)5-4-10(12)15/h1-3,6H,4-5,7H2,(H2,12,15). The Hall–Kier alpha value is -0.650. The molecule has 0 saturated heterocycles. The van der Waals surface area contributed by atoms with Gasteiger partial charge in [0.15, 0.2) is 9.84 Å². The molecule has 1 aromatic rings.